The van der Waals surface area contributed by atoms with Crippen molar-refractivity contribution in [2.24, 2.45) is 0 Å². The van der Waals surface area contributed by atoms with E-state index in [1.165, 1.54) is 57.8 Å². The molecular formula is C15H33N. The van der Waals surface area contributed by atoms with Gasteiger partial charge >= 0.3 is 0 Å². The van der Waals surface area contributed by atoms with E-state index in [1.54, 1.807) is 0 Å². The number of unbranched alkanes of at least 4 members (excludes halogenated alkanes) is 5. The van der Waals surface area contributed by atoms with Crippen LogP contribution in [0.5, 0.6) is 0 Å². The van der Waals surface area contributed by atoms with Crippen molar-refractivity contribution in [3.05, 3.63) is 0 Å². The van der Waals surface area contributed by atoms with Crippen molar-refractivity contribution in [3.8, 4) is 0 Å². The third-order valence-corrected chi connectivity index (χ3v) is 3.13. The van der Waals surface area contributed by atoms with E-state index in [2.05, 4.69) is 33.0 Å². The summed E-state index contributed by atoms with van der Waals surface area (Å²) in [7, 11) is 0. The topological polar surface area (TPSA) is 12.0 Å². The molecule has 0 heterocycles. The van der Waals surface area contributed by atoms with Gasteiger partial charge in [-0.2, -0.15) is 0 Å². The van der Waals surface area contributed by atoms with E-state index in [0.29, 0.717) is 6.04 Å². The summed E-state index contributed by atoms with van der Waals surface area (Å²) in [5.74, 6) is 0. The summed E-state index contributed by atoms with van der Waals surface area (Å²) in [6.45, 7) is 9.09. The Balaban J connectivity index is 3.56. The molecule has 0 radical (unpaired) electrons. The van der Waals surface area contributed by atoms with Crippen LogP contribution in [0.1, 0.15) is 85.5 Å². The lowest BCUT2D eigenvalue weighted by Crippen LogP contribution is -2.34. The van der Waals surface area contributed by atoms with Crippen LogP contribution in [0.4, 0.5) is 0 Å². The number of nitrogens with one attached hydrogen (secondary N) is 1. The second kappa shape index (κ2) is 11.4. The highest BCUT2D eigenvalue weighted by molar-refractivity contribution is 4.69. The molecule has 0 aliphatic rings. The van der Waals surface area contributed by atoms with Crippen LogP contribution >= 0.6 is 0 Å². The lowest BCUT2D eigenvalue weighted by Gasteiger charge is -2.21. The lowest BCUT2D eigenvalue weighted by molar-refractivity contribution is 0.391. The van der Waals surface area contributed by atoms with Gasteiger partial charge in [0.05, 0.1) is 0 Å². The highest BCUT2D eigenvalue weighted by Gasteiger charge is 2.08. The fourth-order valence-electron chi connectivity index (χ4n) is 2.23. The fourth-order valence-corrected chi connectivity index (χ4v) is 2.23. The molecule has 0 amide bonds. The molecule has 0 aromatic rings. The quantitative estimate of drug-likeness (QED) is 0.495. The van der Waals surface area contributed by atoms with Crippen molar-refractivity contribution >= 4 is 0 Å². The van der Waals surface area contributed by atoms with Gasteiger partial charge in [0.1, 0.15) is 0 Å². The van der Waals surface area contributed by atoms with Gasteiger partial charge in [0.2, 0.25) is 0 Å². The molecule has 1 nitrogen and oxygen atoms in total. The number of rotatable bonds is 11. The van der Waals surface area contributed by atoms with E-state index in [4.69, 9.17) is 0 Å². The second-order valence-electron chi connectivity index (χ2n) is 5.36. The molecule has 0 aromatic carbocycles. The van der Waals surface area contributed by atoms with Crippen LogP contribution in [0.3, 0.4) is 0 Å². The third kappa shape index (κ3) is 10.5. The summed E-state index contributed by atoms with van der Waals surface area (Å²) >= 11 is 0. The molecule has 16 heavy (non-hydrogen) atoms. The summed E-state index contributed by atoms with van der Waals surface area (Å²) in [4.78, 5) is 0. The zero-order chi connectivity index (χ0) is 12.2. The summed E-state index contributed by atoms with van der Waals surface area (Å²) in [5.41, 5.74) is 0. The normalized spacial score (nSPS) is 13.3. The number of hydrogen-bond donors (Lipinski definition) is 1. The Kier molecular flexibility index (Phi) is 11.4. The van der Waals surface area contributed by atoms with Gasteiger partial charge in [-0.05, 0) is 12.8 Å². The van der Waals surface area contributed by atoms with Crippen LogP contribution < -0.4 is 5.32 Å². The van der Waals surface area contributed by atoms with E-state index in [-0.39, 0.29) is 0 Å². The predicted octanol–water partition coefficient (Wildman–Crippen LogP) is 4.90. The molecule has 0 spiro atoms. The molecule has 0 bridgehead atoms. The van der Waals surface area contributed by atoms with Crippen molar-refractivity contribution in [2.45, 2.75) is 97.6 Å². The van der Waals surface area contributed by atoms with Gasteiger partial charge in [-0.3, -0.25) is 0 Å². The SMILES string of the molecule is CCCCCCCC(CCCC)NC(C)C. The van der Waals surface area contributed by atoms with Crippen molar-refractivity contribution in [3.63, 3.8) is 0 Å². The molecule has 0 aromatic heterocycles. The minimum atomic E-state index is 0.637. The van der Waals surface area contributed by atoms with Crippen LogP contribution in [-0.2, 0) is 0 Å². The van der Waals surface area contributed by atoms with Gasteiger partial charge in [-0.1, -0.05) is 72.6 Å². The molecule has 1 N–H and O–H groups in total. The molecule has 0 saturated heterocycles. The largest absolute Gasteiger partial charge is 0.312 e. The summed E-state index contributed by atoms with van der Waals surface area (Å²) < 4.78 is 0. The Bertz CT molecular complexity index is 131. The minimum absolute atomic E-state index is 0.637. The maximum absolute atomic E-state index is 3.71. The Morgan fingerprint density at radius 2 is 1.31 bits per heavy atom. The molecule has 0 fully saturated rings. The lowest BCUT2D eigenvalue weighted by atomic mass is 10.0. The molecule has 0 aliphatic heterocycles. The van der Waals surface area contributed by atoms with E-state index < -0.39 is 0 Å². The van der Waals surface area contributed by atoms with Gasteiger partial charge in [0.25, 0.3) is 0 Å². The maximum Gasteiger partial charge on any atom is 0.00694 e. The standard InChI is InChI=1S/C15H33N/c1-5-7-9-10-11-13-15(12-8-6-2)16-14(3)4/h14-16H,5-13H2,1-4H3. The van der Waals surface area contributed by atoms with Crippen LogP contribution in [0.2, 0.25) is 0 Å². The van der Waals surface area contributed by atoms with Crippen molar-refractivity contribution in [2.75, 3.05) is 0 Å². The predicted molar refractivity (Wildman–Crippen MR) is 75.0 cm³/mol. The fraction of sp³-hybridized carbons (Fsp3) is 1.00. The maximum atomic E-state index is 3.71. The average molecular weight is 227 g/mol. The molecule has 0 aliphatic carbocycles. The highest BCUT2D eigenvalue weighted by atomic mass is 14.9. The number of hydrogen-bond acceptors (Lipinski definition) is 1. The summed E-state index contributed by atoms with van der Waals surface area (Å²) in [6, 6.07) is 1.40. The van der Waals surface area contributed by atoms with Crippen molar-refractivity contribution < 1.29 is 0 Å². The second-order valence-corrected chi connectivity index (χ2v) is 5.36. The zero-order valence-corrected chi connectivity index (χ0v) is 12.0. The highest BCUT2D eigenvalue weighted by Crippen LogP contribution is 2.12. The van der Waals surface area contributed by atoms with E-state index >= 15 is 0 Å². The Labute approximate surface area is 103 Å². The van der Waals surface area contributed by atoms with Gasteiger partial charge in [-0.25, -0.2) is 0 Å². The van der Waals surface area contributed by atoms with E-state index in [1.807, 2.05) is 0 Å². The molecule has 0 saturated carbocycles. The Morgan fingerprint density at radius 3 is 1.88 bits per heavy atom. The van der Waals surface area contributed by atoms with Gasteiger partial charge in [-0.15, -0.1) is 0 Å². The zero-order valence-electron chi connectivity index (χ0n) is 12.0. The van der Waals surface area contributed by atoms with E-state index in [0.717, 1.165) is 6.04 Å². The molecule has 98 valence electrons. The first-order chi connectivity index (χ1) is 7.70. The first-order valence-corrected chi connectivity index (χ1v) is 7.46. The molecular weight excluding hydrogens is 194 g/mol. The van der Waals surface area contributed by atoms with Crippen LogP contribution in [-0.4, -0.2) is 12.1 Å². The monoisotopic (exact) mass is 227 g/mol. The first-order valence-electron chi connectivity index (χ1n) is 7.46. The minimum Gasteiger partial charge on any atom is -0.312 e. The molecule has 1 atom stereocenters. The van der Waals surface area contributed by atoms with Crippen molar-refractivity contribution in [1.82, 2.24) is 5.32 Å². The summed E-state index contributed by atoms with van der Waals surface area (Å²) in [6.07, 6.45) is 12.5. The molecule has 0 rings (SSSR count). The van der Waals surface area contributed by atoms with Gasteiger partial charge in [0.15, 0.2) is 0 Å². The van der Waals surface area contributed by atoms with Gasteiger partial charge in [0, 0.05) is 12.1 Å². The Hall–Kier alpha value is -0.0400. The molecule has 1 heteroatoms. The summed E-state index contributed by atoms with van der Waals surface area (Å²) in [5, 5.41) is 3.71. The van der Waals surface area contributed by atoms with Crippen molar-refractivity contribution in [1.29, 1.82) is 0 Å². The van der Waals surface area contributed by atoms with Crippen LogP contribution in [0.15, 0.2) is 0 Å². The van der Waals surface area contributed by atoms with Crippen LogP contribution in [0, 0.1) is 0 Å². The first kappa shape index (κ1) is 16.0. The average Bonchev–Trinajstić information content (AvgIpc) is 2.24. The van der Waals surface area contributed by atoms with Gasteiger partial charge < -0.3 is 5.32 Å². The Morgan fingerprint density at radius 1 is 0.750 bits per heavy atom. The smallest absolute Gasteiger partial charge is 0.00694 e. The van der Waals surface area contributed by atoms with Crippen LogP contribution in [0.25, 0.3) is 0 Å². The molecule has 1 unspecified atom stereocenters. The third-order valence-electron chi connectivity index (χ3n) is 3.13. The van der Waals surface area contributed by atoms with E-state index in [9.17, 15) is 0 Å².